The maximum atomic E-state index is 11.6. The lowest BCUT2D eigenvalue weighted by Crippen LogP contribution is -2.62. The largest absolute Gasteiger partial charge is 0.493 e. The molecular weight excluding hydrogens is 488 g/mol. The minimum Gasteiger partial charge on any atom is -0.493 e. The summed E-state index contributed by atoms with van der Waals surface area (Å²) in [6.07, 6.45) is -15.6. The van der Waals surface area contributed by atoms with Gasteiger partial charge in [0.15, 0.2) is 17.8 Å². The number of methoxy groups -OCH3 is 1. The van der Waals surface area contributed by atoms with Crippen LogP contribution in [0.2, 0.25) is 0 Å². The number of benzene rings is 1. The molecule has 200 valence electrons. The summed E-state index contributed by atoms with van der Waals surface area (Å²) >= 11 is 0. The minimum atomic E-state index is -1.74. The highest BCUT2D eigenvalue weighted by Gasteiger charge is 2.48. The summed E-state index contributed by atoms with van der Waals surface area (Å²) in [5.74, 6) is 0.197. The minimum absolute atomic E-state index is 0.000548. The number of ether oxygens (including phenoxy) is 5. The third kappa shape index (κ3) is 5.19. The molecule has 2 aliphatic rings. The first-order valence-electron chi connectivity index (χ1n) is 11.0. The topological polar surface area (TPSA) is 218 Å². The Balaban J connectivity index is 1.49. The predicted molar refractivity (Wildman–Crippen MR) is 116 cm³/mol. The smallest absolute Gasteiger partial charge is 0.336 e. The van der Waals surface area contributed by atoms with Crippen molar-refractivity contribution in [2.75, 3.05) is 20.3 Å². The van der Waals surface area contributed by atoms with E-state index in [0.717, 1.165) is 0 Å². The highest BCUT2D eigenvalue weighted by Crippen LogP contribution is 2.35. The molecule has 1 aromatic carbocycles. The molecule has 2 saturated heterocycles. The zero-order valence-electron chi connectivity index (χ0n) is 19.0. The quantitative estimate of drug-likeness (QED) is 0.180. The van der Waals surface area contributed by atoms with E-state index in [0.29, 0.717) is 5.39 Å². The standard InChI is InChI=1S/C22H28O14/c1-31-10-4-8-2-3-14(24)33-9(8)5-11(10)34-22-20(30)18(28)16(26)13(36-22)7-32-21-19(29)17(27)15(25)12(6-23)35-21/h2-5,12-13,15-23,25-30H,6-7H2,1H3/t12-,13-,15-,16-,17+,18+,19-,20-,21-,22-/m1/s1. The van der Waals surface area contributed by atoms with E-state index in [4.69, 9.17) is 28.1 Å². The number of hydrogen-bond donors (Lipinski definition) is 7. The van der Waals surface area contributed by atoms with E-state index >= 15 is 0 Å². The second kappa shape index (κ2) is 10.9. The Morgan fingerprint density at radius 1 is 0.806 bits per heavy atom. The number of aliphatic hydroxyl groups is 7. The summed E-state index contributed by atoms with van der Waals surface area (Å²) in [6.45, 7) is -1.18. The van der Waals surface area contributed by atoms with Crippen molar-refractivity contribution in [1.29, 1.82) is 0 Å². The number of aliphatic hydroxyl groups excluding tert-OH is 7. The van der Waals surface area contributed by atoms with Gasteiger partial charge in [0.25, 0.3) is 0 Å². The van der Waals surface area contributed by atoms with Crippen LogP contribution in [0.3, 0.4) is 0 Å². The Kier molecular flexibility index (Phi) is 8.11. The van der Waals surface area contributed by atoms with Gasteiger partial charge in [-0.3, -0.25) is 0 Å². The van der Waals surface area contributed by atoms with Crippen LogP contribution in [0.5, 0.6) is 11.5 Å². The van der Waals surface area contributed by atoms with Crippen molar-refractivity contribution in [2.45, 2.75) is 61.4 Å². The van der Waals surface area contributed by atoms with Crippen molar-refractivity contribution in [3.05, 3.63) is 34.7 Å². The first-order chi connectivity index (χ1) is 17.1. The van der Waals surface area contributed by atoms with Gasteiger partial charge in [-0.15, -0.1) is 0 Å². The van der Waals surface area contributed by atoms with Crippen LogP contribution in [0.25, 0.3) is 11.0 Å². The molecule has 14 nitrogen and oxygen atoms in total. The molecule has 1 aromatic heterocycles. The normalized spacial score (nSPS) is 37.1. The van der Waals surface area contributed by atoms with Crippen LogP contribution < -0.4 is 15.1 Å². The maximum absolute atomic E-state index is 11.6. The average Bonchev–Trinajstić information content (AvgIpc) is 2.87. The molecule has 7 N–H and O–H groups in total. The Morgan fingerprint density at radius 2 is 1.44 bits per heavy atom. The molecule has 4 rings (SSSR count). The summed E-state index contributed by atoms with van der Waals surface area (Å²) in [5, 5.41) is 70.9. The molecule has 14 heteroatoms. The van der Waals surface area contributed by atoms with Gasteiger partial charge in [0, 0.05) is 17.5 Å². The zero-order valence-corrected chi connectivity index (χ0v) is 19.0. The van der Waals surface area contributed by atoms with Crippen LogP contribution in [0.4, 0.5) is 0 Å². The predicted octanol–water partition coefficient (Wildman–Crippen LogP) is -3.20. The maximum Gasteiger partial charge on any atom is 0.336 e. The van der Waals surface area contributed by atoms with Crippen LogP contribution in [0, 0.1) is 0 Å². The van der Waals surface area contributed by atoms with Gasteiger partial charge in [0.1, 0.15) is 54.4 Å². The molecule has 0 spiro atoms. The highest BCUT2D eigenvalue weighted by atomic mass is 16.7. The summed E-state index contributed by atoms with van der Waals surface area (Å²) in [7, 11) is 1.36. The van der Waals surface area contributed by atoms with Gasteiger partial charge in [-0.2, -0.15) is 0 Å². The zero-order chi connectivity index (χ0) is 26.1. The van der Waals surface area contributed by atoms with E-state index in [1.165, 1.54) is 31.4 Å². The van der Waals surface area contributed by atoms with Crippen molar-refractivity contribution in [1.82, 2.24) is 0 Å². The molecule has 2 fully saturated rings. The van der Waals surface area contributed by atoms with Gasteiger partial charge in [-0.1, -0.05) is 0 Å². The fourth-order valence-electron chi connectivity index (χ4n) is 4.00. The average molecular weight is 516 g/mol. The van der Waals surface area contributed by atoms with Crippen LogP contribution >= 0.6 is 0 Å². The first-order valence-corrected chi connectivity index (χ1v) is 11.0. The van der Waals surface area contributed by atoms with Gasteiger partial charge in [-0.05, 0) is 12.1 Å². The molecule has 0 bridgehead atoms. The molecule has 36 heavy (non-hydrogen) atoms. The second-order valence-corrected chi connectivity index (χ2v) is 8.46. The SMILES string of the molecule is COc1cc2ccc(=O)oc2cc1O[C@@H]1O[C@H](CO[C@@H]2O[C@H](CO)[C@@H](O)[C@H](O)[C@H]2O)[C@@H](O)[C@H](O)[C@H]1O. The van der Waals surface area contributed by atoms with Crippen molar-refractivity contribution in [3.63, 3.8) is 0 Å². The Morgan fingerprint density at radius 3 is 2.11 bits per heavy atom. The van der Waals surface area contributed by atoms with Gasteiger partial charge >= 0.3 is 5.63 Å². The van der Waals surface area contributed by atoms with Crippen LogP contribution in [-0.2, 0) is 14.2 Å². The van der Waals surface area contributed by atoms with E-state index in [1.807, 2.05) is 0 Å². The van der Waals surface area contributed by atoms with E-state index in [2.05, 4.69) is 0 Å². The fraction of sp³-hybridized carbons (Fsp3) is 0.591. The molecule has 10 atom stereocenters. The molecule has 3 heterocycles. The Hall–Kier alpha value is -2.37. The molecular formula is C22H28O14. The van der Waals surface area contributed by atoms with E-state index < -0.39 is 80.3 Å². The van der Waals surface area contributed by atoms with Crippen molar-refractivity contribution < 1.29 is 63.8 Å². The molecule has 0 saturated carbocycles. The fourth-order valence-corrected chi connectivity index (χ4v) is 4.00. The summed E-state index contributed by atoms with van der Waals surface area (Å²) in [4.78, 5) is 11.6. The molecule has 0 amide bonds. The Labute approximate surface area is 203 Å². The second-order valence-electron chi connectivity index (χ2n) is 8.46. The molecule has 0 aliphatic carbocycles. The summed E-state index contributed by atoms with van der Waals surface area (Å²) in [5.41, 5.74) is -0.441. The molecule has 2 aliphatic heterocycles. The van der Waals surface area contributed by atoms with Gasteiger partial charge in [0.2, 0.25) is 6.29 Å². The van der Waals surface area contributed by atoms with Gasteiger partial charge < -0.3 is 63.8 Å². The Bertz CT molecular complexity index is 1090. The summed E-state index contributed by atoms with van der Waals surface area (Å²) in [6, 6.07) is 5.61. The van der Waals surface area contributed by atoms with Gasteiger partial charge in [-0.25, -0.2) is 4.79 Å². The summed E-state index contributed by atoms with van der Waals surface area (Å²) < 4.78 is 32.3. The number of fused-ring (bicyclic) bond motifs is 1. The third-order valence-corrected chi connectivity index (χ3v) is 6.09. The molecule has 0 radical (unpaired) electrons. The molecule has 0 unspecified atom stereocenters. The lowest BCUT2D eigenvalue weighted by atomic mass is 9.98. The first kappa shape index (κ1) is 26.7. The highest BCUT2D eigenvalue weighted by molar-refractivity contribution is 5.80. The van der Waals surface area contributed by atoms with E-state index in [-0.39, 0.29) is 17.1 Å². The van der Waals surface area contributed by atoms with E-state index in [1.54, 1.807) is 0 Å². The van der Waals surface area contributed by atoms with Crippen molar-refractivity contribution in [3.8, 4) is 11.5 Å². The third-order valence-electron chi connectivity index (χ3n) is 6.09. The number of hydrogen-bond acceptors (Lipinski definition) is 14. The lowest BCUT2D eigenvalue weighted by molar-refractivity contribution is -0.323. The lowest BCUT2D eigenvalue weighted by Gasteiger charge is -2.42. The van der Waals surface area contributed by atoms with Crippen molar-refractivity contribution in [2.24, 2.45) is 0 Å². The van der Waals surface area contributed by atoms with Crippen molar-refractivity contribution >= 4 is 11.0 Å². The van der Waals surface area contributed by atoms with Crippen LogP contribution in [0.15, 0.2) is 33.5 Å². The van der Waals surface area contributed by atoms with Crippen LogP contribution in [-0.4, -0.2) is 117 Å². The molecule has 2 aromatic rings. The van der Waals surface area contributed by atoms with E-state index in [9.17, 15) is 40.5 Å². The van der Waals surface area contributed by atoms with Gasteiger partial charge in [0.05, 0.1) is 20.3 Å². The van der Waals surface area contributed by atoms with Crippen LogP contribution in [0.1, 0.15) is 0 Å². The monoisotopic (exact) mass is 516 g/mol. The number of rotatable bonds is 7.